The lowest BCUT2D eigenvalue weighted by molar-refractivity contribution is -0.147. The Balaban J connectivity index is 3.08. The Labute approximate surface area is 84.1 Å². The summed E-state index contributed by atoms with van der Waals surface area (Å²) >= 11 is 3.25. The normalized spacial score (nSPS) is 12.5. The van der Waals surface area contributed by atoms with Gasteiger partial charge in [0.25, 0.3) is 0 Å². The second kappa shape index (κ2) is 3.89. The molecule has 1 rings (SSSR count). The number of rotatable bonds is 2. The Hall–Kier alpha value is -0.870. The van der Waals surface area contributed by atoms with Crippen LogP contribution in [0.3, 0.4) is 0 Å². The third-order valence-corrected chi connectivity index (χ3v) is 2.25. The first kappa shape index (κ1) is 10.2. The lowest BCUT2D eigenvalue weighted by Gasteiger charge is -2.09. The van der Waals surface area contributed by atoms with Crippen LogP contribution in [0.15, 0.2) is 22.7 Å². The van der Waals surface area contributed by atoms with Crippen molar-refractivity contribution >= 4 is 21.9 Å². The largest absolute Gasteiger partial charge is 0.479 e. The number of carboxylic acid groups (broad SMARTS) is 1. The maximum Gasteiger partial charge on any atom is 0.337 e. The summed E-state index contributed by atoms with van der Waals surface area (Å²) in [6.45, 7) is 1.76. The first-order valence-corrected chi connectivity index (χ1v) is 4.48. The van der Waals surface area contributed by atoms with Crippen molar-refractivity contribution in [1.82, 2.24) is 0 Å². The predicted octanol–water partition coefficient (Wildman–Crippen LogP) is 1.88. The molecule has 0 unspecified atom stereocenters. The lowest BCUT2D eigenvalue weighted by atomic mass is 10.0. The molecule has 0 fully saturated rings. The van der Waals surface area contributed by atoms with E-state index in [1.54, 1.807) is 25.1 Å². The molecule has 0 radical (unpaired) electrons. The molecule has 0 aromatic heterocycles. The van der Waals surface area contributed by atoms with Gasteiger partial charge in [0.15, 0.2) is 6.10 Å². The molecule has 0 aliphatic carbocycles. The van der Waals surface area contributed by atoms with E-state index < -0.39 is 12.1 Å². The van der Waals surface area contributed by atoms with Crippen molar-refractivity contribution in [2.45, 2.75) is 13.0 Å². The Kier molecular flexibility index (Phi) is 3.06. The van der Waals surface area contributed by atoms with Crippen LogP contribution < -0.4 is 0 Å². The zero-order chi connectivity index (χ0) is 10.0. The number of benzene rings is 1. The zero-order valence-corrected chi connectivity index (χ0v) is 8.58. The van der Waals surface area contributed by atoms with Crippen LogP contribution in [0.1, 0.15) is 17.2 Å². The lowest BCUT2D eigenvalue weighted by Crippen LogP contribution is -2.11. The third-order valence-electron chi connectivity index (χ3n) is 1.76. The van der Waals surface area contributed by atoms with Crippen LogP contribution in [-0.2, 0) is 4.79 Å². The Morgan fingerprint density at radius 2 is 2.15 bits per heavy atom. The van der Waals surface area contributed by atoms with Gasteiger partial charge < -0.3 is 10.2 Å². The van der Waals surface area contributed by atoms with Crippen LogP contribution in [-0.4, -0.2) is 16.2 Å². The summed E-state index contributed by atoms with van der Waals surface area (Å²) < 4.78 is 0.867. The minimum Gasteiger partial charge on any atom is -0.479 e. The Morgan fingerprint density at radius 1 is 1.54 bits per heavy atom. The maximum absolute atomic E-state index is 10.5. The molecule has 0 amide bonds. The number of aliphatic hydroxyl groups is 1. The summed E-state index contributed by atoms with van der Waals surface area (Å²) in [4.78, 5) is 10.5. The maximum atomic E-state index is 10.5. The standard InChI is InChI=1S/C9H9BrO3/c1-5-4-6(10)2-3-7(5)8(11)9(12)13/h2-4,8,11H,1H3,(H,12,13)/t8-/m0/s1. The molecule has 70 valence electrons. The molecular formula is C9H9BrO3. The van der Waals surface area contributed by atoms with E-state index >= 15 is 0 Å². The second-order valence-corrected chi connectivity index (χ2v) is 3.66. The van der Waals surface area contributed by atoms with Gasteiger partial charge >= 0.3 is 5.97 Å². The molecule has 0 saturated heterocycles. The van der Waals surface area contributed by atoms with E-state index in [1.165, 1.54) is 0 Å². The topological polar surface area (TPSA) is 57.5 Å². The van der Waals surface area contributed by atoms with Crippen molar-refractivity contribution in [2.24, 2.45) is 0 Å². The van der Waals surface area contributed by atoms with Gasteiger partial charge in [-0.05, 0) is 30.2 Å². The van der Waals surface area contributed by atoms with Crippen LogP contribution in [0.25, 0.3) is 0 Å². The van der Waals surface area contributed by atoms with Crippen molar-refractivity contribution in [1.29, 1.82) is 0 Å². The van der Waals surface area contributed by atoms with Crippen molar-refractivity contribution in [3.63, 3.8) is 0 Å². The predicted molar refractivity (Wildman–Crippen MR) is 51.5 cm³/mol. The Morgan fingerprint density at radius 3 is 2.62 bits per heavy atom. The quantitative estimate of drug-likeness (QED) is 0.836. The van der Waals surface area contributed by atoms with Gasteiger partial charge in [-0.25, -0.2) is 4.79 Å². The van der Waals surface area contributed by atoms with Crippen molar-refractivity contribution < 1.29 is 15.0 Å². The minimum atomic E-state index is -1.44. The summed E-state index contributed by atoms with van der Waals surface area (Å²) in [7, 11) is 0. The fourth-order valence-electron chi connectivity index (χ4n) is 1.08. The van der Waals surface area contributed by atoms with E-state index in [4.69, 9.17) is 5.11 Å². The highest BCUT2D eigenvalue weighted by molar-refractivity contribution is 9.10. The molecule has 0 spiro atoms. The smallest absolute Gasteiger partial charge is 0.337 e. The number of carboxylic acids is 1. The van der Waals surface area contributed by atoms with Crippen molar-refractivity contribution in [3.8, 4) is 0 Å². The molecule has 0 aliphatic heterocycles. The summed E-state index contributed by atoms with van der Waals surface area (Å²) in [6, 6.07) is 5.06. The van der Waals surface area contributed by atoms with E-state index in [1.807, 2.05) is 0 Å². The van der Waals surface area contributed by atoms with E-state index in [2.05, 4.69) is 15.9 Å². The Bertz CT molecular complexity index is 336. The molecule has 2 N–H and O–H groups in total. The van der Waals surface area contributed by atoms with Crippen LogP contribution >= 0.6 is 15.9 Å². The molecule has 1 aromatic carbocycles. The van der Waals surface area contributed by atoms with Crippen LogP contribution in [0.5, 0.6) is 0 Å². The SMILES string of the molecule is Cc1cc(Br)ccc1[C@H](O)C(=O)O. The van der Waals surface area contributed by atoms with Gasteiger partial charge in [0, 0.05) is 4.47 Å². The number of aliphatic hydroxyl groups excluding tert-OH is 1. The average molecular weight is 245 g/mol. The molecule has 1 aromatic rings. The fraction of sp³-hybridized carbons (Fsp3) is 0.222. The monoisotopic (exact) mass is 244 g/mol. The van der Waals surface area contributed by atoms with Crippen LogP contribution in [0, 0.1) is 6.92 Å². The van der Waals surface area contributed by atoms with Gasteiger partial charge in [-0.2, -0.15) is 0 Å². The number of hydrogen-bond acceptors (Lipinski definition) is 2. The van der Waals surface area contributed by atoms with E-state index in [0.29, 0.717) is 5.56 Å². The second-order valence-electron chi connectivity index (χ2n) is 2.74. The van der Waals surface area contributed by atoms with Gasteiger partial charge in [-0.3, -0.25) is 0 Å². The third kappa shape index (κ3) is 2.29. The number of carbonyl (C=O) groups is 1. The molecule has 1 atom stereocenters. The summed E-state index contributed by atoms with van der Waals surface area (Å²) in [5.41, 5.74) is 1.18. The highest BCUT2D eigenvalue weighted by Gasteiger charge is 2.17. The average Bonchev–Trinajstić information content (AvgIpc) is 2.03. The zero-order valence-electron chi connectivity index (χ0n) is 6.99. The van der Waals surface area contributed by atoms with Crippen LogP contribution in [0.2, 0.25) is 0 Å². The van der Waals surface area contributed by atoms with Crippen LogP contribution in [0.4, 0.5) is 0 Å². The highest BCUT2D eigenvalue weighted by atomic mass is 79.9. The first-order chi connectivity index (χ1) is 6.02. The number of aryl methyl sites for hydroxylation is 1. The molecular weight excluding hydrogens is 236 g/mol. The van der Waals surface area contributed by atoms with Gasteiger partial charge in [0.1, 0.15) is 0 Å². The fourth-order valence-corrected chi connectivity index (χ4v) is 1.55. The number of hydrogen-bond donors (Lipinski definition) is 2. The van der Waals surface area contributed by atoms with E-state index in [9.17, 15) is 9.90 Å². The van der Waals surface area contributed by atoms with E-state index in [-0.39, 0.29) is 0 Å². The molecule has 0 bridgehead atoms. The molecule has 3 nitrogen and oxygen atoms in total. The van der Waals surface area contributed by atoms with Crippen molar-refractivity contribution in [3.05, 3.63) is 33.8 Å². The van der Waals surface area contributed by atoms with Gasteiger partial charge in [-0.1, -0.05) is 22.0 Å². The summed E-state index contributed by atoms with van der Waals surface area (Å²) in [5, 5.41) is 17.8. The van der Waals surface area contributed by atoms with E-state index in [0.717, 1.165) is 10.0 Å². The minimum absolute atomic E-state index is 0.427. The van der Waals surface area contributed by atoms with Crippen molar-refractivity contribution in [2.75, 3.05) is 0 Å². The highest BCUT2D eigenvalue weighted by Crippen LogP contribution is 2.21. The molecule has 0 aliphatic rings. The molecule has 13 heavy (non-hydrogen) atoms. The van der Waals surface area contributed by atoms with Gasteiger partial charge in [-0.15, -0.1) is 0 Å². The molecule has 4 heteroatoms. The summed E-state index contributed by atoms with van der Waals surface area (Å²) in [5.74, 6) is -1.23. The van der Waals surface area contributed by atoms with Gasteiger partial charge in [0.05, 0.1) is 0 Å². The first-order valence-electron chi connectivity index (χ1n) is 3.69. The number of halogens is 1. The van der Waals surface area contributed by atoms with Gasteiger partial charge in [0.2, 0.25) is 0 Å². The summed E-state index contributed by atoms with van der Waals surface area (Å²) in [6.07, 6.45) is -1.44. The molecule has 0 saturated carbocycles. The molecule has 0 heterocycles. The number of aliphatic carboxylic acids is 1.